The van der Waals surface area contributed by atoms with Gasteiger partial charge in [-0.15, -0.1) is 0 Å². The van der Waals surface area contributed by atoms with Crippen LogP contribution in [0.1, 0.15) is 36.4 Å². The number of aromatic nitrogens is 4. The Labute approximate surface area is 206 Å². The molecule has 0 radical (unpaired) electrons. The number of hydrogen-bond donors (Lipinski definition) is 2. The molecule has 0 fully saturated rings. The second kappa shape index (κ2) is 11.3. The molecule has 0 amide bonds. The number of aryl methyl sites for hydroxylation is 2. The largest absolute Gasteiger partial charge is 0.340 e. The highest BCUT2D eigenvalue weighted by atomic mass is 19.1. The van der Waals surface area contributed by atoms with Gasteiger partial charge in [0.25, 0.3) is 0 Å². The van der Waals surface area contributed by atoms with Gasteiger partial charge in [-0.2, -0.15) is 5.10 Å². The second-order valence-electron chi connectivity index (χ2n) is 8.21. The third kappa shape index (κ3) is 5.82. The van der Waals surface area contributed by atoms with E-state index in [0.29, 0.717) is 17.2 Å². The minimum Gasteiger partial charge on any atom is -0.340 e. The summed E-state index contributed by atoms with van der Waals surface area (Å²) in [5.74, 6) is 0.297. The minimum absolute atomic E-state index is 0.291. The number of hydrogen-bond acceptors (Lipinski definition) is 2. The van der Waals surface area contributed by atoms with E-state index >= 15 is 0 Å². The van der Waals surface area contributed by atoms with Crippen LogP contribution in [-0.2, 0) is 0 Å². The van der Waals surface area contributed by atoms with Gasteiger partial charge in [0.2, 0.25) is 0 Å². The number of aromatic amines is 2. The van der Waals surface area contributed by atoms with E-state index in [2.05, 4.69) is 34.9 Å². The lowest BCUT2D eigenvalue weighted by Gasteiger charge is -2.07. The van der Waals surface area contributed by atoms with Gasteiger partial charge >= 0.3 is 0 Å². The van der Waals surface area contributed by atoms with E-state index in [1.54, 1.807) is 12.2 Å². The quantitative estimate of drug-likeness (QED) is 0.400. The van der Waals surface area contributed by atoms with Crippen LogP contribution in [0.15, 0.2) is 85.0 Å². The maximum atomic E-state index is 14.1. The fraction of sp³-hybridized carbons (Fsp3) is 0.133. The summed E-state index contributed by atoms with van der Waals surface area (Å²) < 4.78 is 14.1. The van der Waals surface area contributed by atoms with Crippen molar-refractivity contribution in [2.45, 2.75) is 27.7 Å². The lowest BCUT2D eigenvalue weighted by molar-refractivity contribution is 0.626. The second-order valence-corrected chi connectivity index (χ2v) is 8.21. The van der Waals surface area contributed by atoms with Crippen LogP contribution < -0.4 is 10.6 Å². The maximum Gasteiger partial charge on any atom is 0.159 e. The van der Waals surface area contributed by atoms with E-state index in [4.69, 9.17) is 4.98 Å². The number of halogens is 1. The number of nitrogens with one attached hydrogen (secondary N) is 2. The van der Waals surface area contributed by atoms with Gasteiger partial charge in [-0.1, -0.05) is 68.3 Å². The number of nitrogens with zero attached hydrogens (tertiary/aromatic N) is 2. The van der Waals surface area contributed by atoms with Gasteiger partial charge in [-0.05, 0) is 68.2 Å². The van der Waals surface area contributed by atoms with Crippen LogP contribution in [0.3, 0.4) is 0 Å². The molecule has 3 aromatic rings. The van der Waals surface area contributed by atoms with E-state index in [9.17, 15) is 4.39 Å². The summed E-state index contributed by atoms with van der Waals surface area (Å²) in [4.78, 5) is 8.11. The first-order chi connectivity index (χ1) is 16.8. The van der Waals surface area contributed by atoms with Gasteiger partial charge in [0.1, 0.15) is 11.5 Å². The van der Waals surface area contributed by atoms with Gasteiger partial charge < -0.3 is 4.98 Å². The molecule has 0 aliphatic carbocycles. The van der Waals surface area contributed by atoms with Crippen molar-refractivity contribution in [3.05, 3.63) is 124 Å². The van der Waals surface area contributed by atoms with E-state index in [1.807, 2.05) is 70.2 Å². The van der Waals surface area contributed by atoms with Crippen LogP contribution >= 0.6 is 0 Å². The number of H-pyrrole nitrogens is 2. The molecule has 2 aromatic heterocycles. The monoisotopic (exact) mass is 466 g/mol. The smallest absolute Gasteiger partial charge is 0.159 e. The number of rotatable bonds is 8. The summed E-state index contributed by atoms with van der Waals surface area (Å²) in [7, 11) is 0. The standard InChI is InChI=1S/C30H31FN4/c1-8-11-13-23(10-3)20(5)14-15-27-21(6)28(35-34-27)30-32-22(7)29(33-30)26(12-9-2)24-16-19(4)17-25(31)18-24/h8-18,34H,1-2,6H2,3-5,7H3,(H,32,33)/b13-11-,20-14+,23-10+,26-12-,27-15+. The first-order valence-corrected chi connectivity index (χ1v) is 11.3. The highest BCUT2D eigenvalue weighted by Gasteiger charge is 2.17. The molecule has 1 aromatic carbocycles. The van der Waals surface area contributed by atoms with E-state index in [0.717, 1.165) is 44.1 Å². The normalized spacial score (nSPS) is 13.6. The SMILES string of the molecule is C=C\C=C/C(=C\C)C(/C)=C/C=c1/[nH]nc(-c2nc(/C(=C\C=C)c3cc(C)cc(F)c3)c(C)[nH]2)c1=C. The minimum atomic E-state index is -0.291. The highest BCUT2D eigenvalue weighted by Crippen LogP contribution is 2.28. The zero-order valence-corrected chi connectivity index (χ0v) is 20.7. The first kappa shape index (κ1) is 25.4. The Morgan fingerprint density at radius 2 is 1.86 bits per heavy atom. The lowest BCUT2D eigenvalue weighted by Crippen LogP contribution is -2.21. The molecule has 2 N–H and O–H groups in total. The molecule has 2 heterocycles. The average molecular weight is 467 g/mol. The van der Waals surface area contributed by atoms with Crippen molar-refractivity contribution in [3.8, 4) is 11.5 Å². The number of imidazole rings is 1. The number of allylic oxidation sites excluding steroid dienone is 9. The lowest BCUT2D eigenvalue weighted by atomic mass is 9.99. The molecule has 4 nitrogen and oxygen atoms in total. The van der Waals surface area contributed by atoms with Crippen molar-refractivity contribution in [3.63, 3.8) is 0 Å². The van der Waals surface area contributed by atoms with Gasteiger partial charge in [0, 0.05) is 16.5 Å². The average Bonchev–Trinajstić information content (AvgIpc) is 3.37. The predicted molar refractivity (Wildman–Crippen MR) is 145 cm³/mol. The summed E-state index contributed by atoms with van der Waals surface area (Å²) in [6, 6.07) is 4.93. The van der Waals surface area contributed by atoms with Crippen LogP contribution in [-0.4, -0.2) is 20.2 Å². The molecule has 5 heteroatoms. The Morgan fingerprint density at radius 1 is 1.09 bits per heavy atom. The molecule has 0 aliphatic rings. The molecule has 178 valence electrons. The Hall–Kier alpha value is -4.25. The Bertz CT molecular complexity index is 1470. The molecule has 0 atom stereocenters. The van der Waals surface area contributed by atoms with E-state index in [-0.39, 0.29) is 5.82 Å². The predicted octanol–water partition coefficient (Wildman–Crippen LogP) is 6.00. The van der Waals surface area contributed by atoms with Crippen LogP contribution in [0.4, 0.5) is 4.39 Å². The van der Waals surface area contributed by atoms with Crippen LogP contribution in [0.5, 0.6) is 0 Å². The van der Waals surface area contributed by atoms with Crippen LogP contribution in [0.2, 0.25) is 0 Å². The van der Waals surface area contributed by atoms with Gasteiger partial charge in [0.15, 0.2) is 5.82 Å². The molecule has 35 heavy (non-hydrogen) atoms. The highest BCUT2D eigenvalue weighted by molar-refractivity contribution is 5.81. The van der Waals surface area contributed by atoms with Crippen molar-refractivity contribution < 1.29 is 4.39 Å². The Morgan fingerprint density at radius 3 is 2.51 bits per heavy atom. The summed E-state index contributed by atoms with van der Waals surface area (Å²) >= 11 is 0. The van der Waals surface area contributed by atoms with Gasteiger partial charge in [-0.25, -0.2) is 9.37 Å². The molecule has 0 saturated carbocycles. The summed E-state index contributed by atoms with van der Waals surface area (Å²) in [5, 5.41) is 9.03. The molecule has 0 unspecified atom stereocenters. The summed E-state index contributed by atoms with van der Waals surface area (Å²) in [5.41, 5.74) is 6.73. The van der Waals surface area contributed by atoms with Crippen molar-refractivity contribution in [2.24, 2.45) is 0 Å². The fourth-order valence-electron chi connectivity index (χ4n) is 3.80. The van der Waals surface area contributed by atoms with Gasteiger partial charge in [-0.3, -0.25) is 5.10 Å². The third-order valence-corrected chi connectivity index (χ3v) is 5.58. The first-order valence-electron chi connectivity index (χ1n) is 11.3. The third-order valence-electron chi connectivity index (χ3n) is 5.58. The van der Waals surface area contributed by atoms with Crippen molar-refractivity contribution >= 4 is 18.2 Å². The molecule has 0 spiro atoms. The topological polar surface area (TPSA) is 57.4 Å². The summed E-state index contributed by atoms with van der Waals surface area (Å²) in [6.07, 6.45) is 15.2. The molecule has 0 bridgehead atoms. The van der Waals surface area contributed by atoms with Crippen LogP contribution in [0, 0.1) is 19.7 Å². The van der Waals surface area contributed by atoms with E-state index < -0.39 is 0 Å². The van der Waals surface area contributed by atoms with Crippen molar-refractivity contribution in [2.75, 3.05) is 0 Å². The Balaban J connectivity index is 2.03. The fourth-order valence-corrected chi connectivity index (χ4v) is 3.80. The van der Waals surface area contributed by atoms with Crippen molar-refractivity contribution in [1.29, 1.82) is 0 Å². The molecular weight excluding hydrogens is 435 g/mol. The summed E-state index contributed by atoms with van der Waals surface area (Å²) in [6.45, 7) is 19.6. The van der Waals surface area contributed by atoms with Crippen LogP contribution in [0.25, 0.3) is 29.7 Å². The van der Waals surface area contributed by atoms with E-state index in [1.165, 1.54) is 12.1 Å². The maximum absolute atomic E-state index is 14.1. The molecule has 3 rings (SSSR count). The zero-order chi connectivity index (χ0) is 25.5. The molecule has 0 saturated heterocycles. The van der Waals surface area contributed by atoms with Crippen molar-refractivity contribution in [1.82, 2.24) is 20.2 Å². The van der Waals surface area contributed by atoms with Gasteiger partial charge in [0.05, 0.1) is 11.0 Å². The Kier molecular flexibility index (Phi) is 8.16. The zero-order valence-electron chi connectivity index (χ0n) is 20.7. The molecule has 0 aliphatic heterocycles. The number of benzene rings is 1. The molecular formula is C30H31FN4.